The van der Waals surface area contributed by atoms with E-state index in [1.165, 1.54) is 12.1 Å². The topological polar surface area (TPSA) is 37.3 Å². The van der Waals surface area contributed by atoms with Crippen molar-refractivity contribution in [2.45, 2.75) is 32.6 Å². The second-order valence-corrected chi connectivity index (χ2v) is 5.58. The van der Waals surface area contributed by atoms with E-state index in [-0.39, 0.29) is 11.8 Å². The van der Waals surface area contributed by atoms with Crippen molar-refractivity contribution in [2.24, 2.45) is 17.8 Å². The zero-order chi connectivity index (χ0) is 14.0. The highest BCUT2D eigenvalue weighted by Gasteiger charge is 2.33. The van der Waals surface area contributed by atoms with E-state index in [1.54, 1.807) is 0 Å². The van der Waals surface area contributed by atoms with Gasteiger partial charge in [-0.1, -0.05) is 13.0 Å². The minimum Gasteiger partial charge on any atom is -0.481 e. The van der Waals surface area contributed by atoms with E-state index < -0.39 is 17.6 Å². The van der Waals surface area contributed by atoms with Crippen LogP contribution in [0.15, 0.2) is 18.2 Å². The Morgan fingerprint density at radius 3 is 2.68 bits per heavy atom. The van der Waals surface area contributed by atoms with Crippen LogP contribution in [0, 0.1) is 29.4 Å². The highest BCUT2D eigenvalue weighted by molar-refractivity contribution is 5.70. The van der Waals surface area contributed by atoms with Gasteiger partial charge in [0.2, 0.25) is 0 Å². The molecular formula is C15H18F2O2. The first kappa shape index (κ1) is 14.0. The molecule has 0 aliphatic heterocycles. The lowest BCUT2D eigenvalue weighted by atomic mass is 9.72. The highest BCUT2D eigenvalue weighted by atomic mass is 19.2. The molecule has 1 aromatic rings. The smallest absolute Gasteiger partial charge is 0.306 e. The molecule has 104 valence electrons. The van der Waals surface area contributed by atoms with Gasteiger partial charge in [-0.25, -0.2) is 8.78 Å². The maximum absolute atomic E-state index is 13.2. The Kier molecular flexibility index (Phi) is 4.17. The van der Waals surface area contributed by atoms with Crippen molar-refractivity contribution in [1.29, 1.82) is 0 Å². The summed E-state index contributed by atoms with van der Waals surface area (Å²) in [5, 5.41) is 9.24. The molecule has 1 fully saturated rings. The first-order valence-corrected chi connectivity index (χ1v) is 6.64. The fraction of sp³-hybridized carbons (Fsp3) is 0.533. The zero-order valence-corrected chi connectivity index (χ0v) is 10.9. The van der Waals surface area contributed by atoms with E-state index in [0.29, 0.717) is 24.3 Å². The summed E-state index contributed by atoms with van der Waals surface area (Å²) in [5.74, 6) is -2.38. The van der Waals surface area contributed by atoms with Crippen LogP contribution in [0.25, 0.3) is 0 Å². The predicted octanol–water partition coefficient (Wildman–Crippen LogP) is 3.64. The second-order valence-electron chi connectivity index (χ2n) is 5.58. The Hall–Kier alpha value is -1.45. The molecule has 1 aliphatic carbocycles. The van der Waals surface area contributed by atoms with Gasteiger partial charge in [0.05, 0.1) is 5.92 Å². The molecule has 0 saturated heterocycles. The third kappa shape index (κ3) is 3.31. The van der Waals surface area contributed by atoms with Crippen LogP contribution in [0.1, 0.15) is 31.7 Å². The van der Waals surface area contributed by atoms with Gasteiger partial charge in [-0.2, -0.15) is 0 Å². The molecule has 19 heavy (non-hydrogen) atoms. The van der Waals surface area contributed by atoms with Crippen LogP contribution in [0.5, 0.6) is 0 Å². The van der Waals surface area contributed by atoms with Crippen LogP contribution in [0.4, 0.5) is 8.78 Å². The molecule has 0 amide bonds. The van der Waals surface area contributed by atoms with E-state index >= 15 is 0 Å². The van der Waals surface area contributed by atoms with Gasteiger partial charge in [-0.05, 0) is 55.2 Å². The molecule has 0 radical (unpaired) electrons. The summed E-state index contributed by atoms with van der Waals surface area (Å²) < 4.78 is 26.0. The molecule has 2 nitrogen and oxygen atoms in total. The van der Waals surface area contributed by atoms with Crippen molar-refractivity contribution >= 4 is 5.97 Å². The van der Waals surface area contributed by atoms with Crippen molar-refractivity contribution in [3.63, 3.8) is 0 Å². The number of hydrogen-bond acceptors (Lipinski definition) is 1. The van der Waals surface area contributed by atoms with E-state index in [1.807, 2.05) is 0 Å². The quantitative estimate of drug-likeness (QED) is 0.908. The molecule has 0 spiro atoms. The summed E-state index contributed by atoms with van der Waals surface area (Å²) in [6.45, 7) is 2.11. The minimum absolute atomic E-state index is 0.00566. The molecule has 3 unspecified atom stereocenters. The van der Waals surface area contributed by atoms with Gasteiger partial charge in [0.15, 0.2) is 11.6 Å². The average molecular weight is 268 g/mol. The lowest BCUT2D eigenvalue weighted by molar-refractivity contribution is -0.145. The van der Waals surface area contributed by atoms with Gasteiger partial charge >= 0.3 is 5.97 Å². The molecule has 0 aromatic heterocycles. The molecule has 3 atom stereocenters. The Balaban J connectivity index is 2.13. The molecule has 2 rings (SSSR count). The zero-order valence-electron chi connectivity index (χ0n) is 10.9. The summed E-state index contributed by atoms with van der Waals surface area (Å²) in [7, 11) is 0. The molecular weight excluding hydrogens is 250 g/mol. The summed E-state index contributed by atoms with van der Waals surface area (Å²) in [4.78, 5) is 11.2. The maximum atomic E-state index is 13.2. The lowest BCUT2D eigenvalue weighted by Crippen LogP contribution is -2.31. The third-order valence-corrected chi connectivity index (χ3v) is 4.04. The number of aliphatic carboxylic acids is 1. The van der Waals surface area contributed by atoms with Gasteiger partial charge in [0.1, 0.15) is 0 Å². The van der Waals surface area contributed by atoms with Crippen LogP contribution in [0.2, 0.25) is 0 Å². The van der Waals surface area contributed by atoms with Crippen LogP contribution in [-0.4, -0.2) is 11.1 Å². The van der Waals surface area contributed by atoms with Gasteiger partial charge in [0, 0.05) is 0 Å². The summed E-state index contributed by atoms with van der Waals surface area (Å²) in [6, 6.07) is 3.82. The number of carboxylic acid groups (broad SMARTS) is 1. The molecule has 0 bridgehead atoms. The molecule has 4 heteroatoms. The summed E-state index contributed by atoms with van der Waals surface area (Å²) >= 11 is 0. The van der Waals surface area contributed by atoms with Crippen LogP contribution < -0.4 is 0 Å². The number of carboxylic acids is 1. The molecule has 1 aromatic carbocycles. The van der Waals surface area contributed by atoms with E-state index in [2.05, 4.69) is 6.92 Å². The number of rotatable bonds is 3. The molecule has 1 aliphatic rings. The fourth-order valence-corrected chi connectivity index (χ4v) is 3.02. The largest absolute Gasteiger partial charge is 0.481 e. The standard InChI is InChI=1S/C15H18F2O2/c1-9-2-4-12(15(18)19)11(6-9)7-10-3-5-13(16)14(17)8-10/h3,5,8-9,11-12H,2,4,6-7H2,1H3,(H,18,19). The van der Waals surface area contributed by atoms with E-state index in [9.17, 15) is 18.7 Å². The number of hydrogen-bond donors (Lipinski definition) is 1. The monoisotopic (exact) mass is 268 g/mol. The summed E-state index contributed by atoms with van der Waals surface area (Å²) in [6.07, 6.45) is 2.92. The minimum atomic E-state index is -0.867. The van der Waals surface area contributed by atoms with E-state index in [0.717, 1.165) is 18.9 Å². The summed E-state index contributed by atoms with van der Waals surface area (Å²) in [5.41, 5.74) is 0.671. The Morgan fingerprint density at radius 1 is 1.32 bits per heavy atom. The van der Waals surface area contributed by atoms with Gasteiger partial charge in [-0.15, -0.1) is 0 Å². The Morgan fingerprint density at radius 2 is 2.05 bits per heavy atom. The van der Waals surface area contributed by atoms with Crippen molar-refractivity contribution < 1.29 is 18.7 Å². The maximum Gasteiger partial charge on any atom is 0.306 e. The van der Waals surface area contributed by atoms with Crippen molar-refractivity contribution in [3.8, 4) is 0 Å². The molecule has 1 saturated carbocycles. The average Bonchev–Trinajstić information content (AvgIpc) is 2.33. The van der Waals surface area contributed by atoms with Crippen LogP contribution in [-0.2, 0) is 11.2 Å². The number of benzene rings is 1. The van der Waals surface area contributed by atoms with Gasteiger partial charge in [-0.3, -0.25) is 4.79 Å². The molecule has 1 N–H and O–H groups in total. The first-order chi connectivity index (χ1) is 8.97. The van der Waals surface area contributed by atoms with Gasteiger partial charge in [0.25, 0.3) is 0 Å². The molecule has 0 heterocycles. The van der Waals surface area contributed by atoms with E-state index in [4.69, 9.17) is 0 Å². The highest BCUT2D eigenvalue weighted by Crippen LogP contribution is 2.36. The SMILES string of the molecule is CC1CCC(C(=O)O)C(Cc2ccc(F)c(F)c2)C1. The normalized spacial score (nSPS) is 27.2. The predicted molar refractivity (Wildman–Crippen MR) is 67.7 cm³/mol. The first-order valence-electron chi connectivity index (χ1n) is 6.64. The Labute approximate surface area is 111 Å². The van der Waals surface area contributed by atoms with Crippen LogP contribution in [0.3, 0.4) is 0 Å². The fourth-order valence-electron chi connectivity index (χ4n) is 3.02. The Bertz CT molecular complexity index is 473. The van der Waals surface area contributed by atoms with Crippen molar-refractivity contribution in [1.82, 2.24) is 0 Å². The van der Waals surface area contributed by atoms with Gasteiger partial charge < -0.3 is 5.11 Å². The number of carbonyl (C=O) groups is 1. The van der Waals surface area contributed by atoms with Crippen LogP contribution >= 0.6 is 0 Å². The van der Waals surface area contributed by atoms with Crippen molar-refractivity contribution in [2.75, 3.05) is 0 Å². The number of halogens is 2. The second kappa shape index (κ2) is 5.68. The lowest BCUT2D eigenvalue weighted by Gasteiger charge is -2.32. The third-order valence-electron chi connectivity index (χ3n) is 4.04. The van der Waals surface area contributed by atoms with Crippen molar-refractivity contribution in [3.05, 3.63) is 35.4 Å².